The lowest BCUT2D eigenvalue weighted by molar-refractivity contribution is -0.156. The molecule has 20 heavy (non-hydrogen) atoms. The fourth-order valence-corrected chi connectivity index (χ4v) is 2.05. The van der Waals surface area contributed by atoms with E-state index in [1.54, 1.807) is 4.90 Å². The molecule has 1 fully saturated rings. The van der Waals surface area contributed by atoms with Gasteiger partial charge < -0.3 is 15.2 Å². The van der Waals surface area contributed by atoms with Gasteiger partial charge in [0.05, 0.1) is 13.2 Å². The molecule has 108 valence electrons. The van der Waals surface area contributed by atoms with E-state index < -0.39 is 12.1 Å². The monoisotopic (exact) mass is 278 g/mol. The van der Waals surface area contributed by atoms with Gasteiger partial charge in [-0.15, -0.1) is 0 Å². The van der Waals surface area contributed by atoms with E-state index in [1.807, 2.05) is 30.3 Å². The minimum atomic E-state index is -0.987. The molecule has 0 bridgehead atoms. The Bertz CT molecular complexity index is 464. The number of ether oxygens (including phenoxy) is 1. The van der Waals surface area contributed by atoms with Crippen LogP contribution in [0.2, 0.25) is 0 Å². The van der Waals surface area contributed by atoms with Crippen molar-refractivity contribution in [3.8, 4) is 0 Å². The number of nitrogens with zero attached hydrogens (tertiary/aromatic N) is 1. The van der Waals surface area contributed by atoms with Crippen molar-refractivity contribution < 1.29 is 19.4 Å². The number of amides is 1. The summed E-state index contributed by atoms with van der Waals surface area (Å²) in [7, 11) is 0. The van der Waals surface area contributed by atoms with Gasteiger partial charge in [0, 0.05) is 19.6 Å². The molecule has 1 atom stereocenters. The molecule has 0 aromatic heterocycles. The number of carbonyl (C=O) groups is 2. The Balaban J connectivity index is 1.75. The predicted octanol–water partition coefficient (Wildman–Crippen LogP) is 0.0882. The highest BCUT2D eigenvalue weighted by Gasteiger charge is 2.26. The highest BCUT2D eigenvalue weighted by Crippen LogP contribution is 2.05. The Hall–Kier alpha value is -1.92. The Morgan fingerprint density at radius 3 is 2.80 bits per heavy atom. The molecule has 2 N–H and O–H groups in total. The Morgan fingerprint density at radius 1 is 1.35 bits per heavy atom. The molecule has 1 saturated heterocycles. The van der Waals surface area contributed by atoms with Gasteiger partial charge in [0.25, 0.3) is 0 Å². The minimum Gasteiger partial charge on any atom is -0.479 e. The molecule has 1 amide bonds. The molecular weight excluding hydrogens is 260 g/mol. The molecule has 0 saturated carbocycles. The maximum absolute atomic E-state index is 11.8. The molecule has 1 unspecified atom stereocenters. The molecular formula is C14H18N2O4. The average Bonchev–Trinajstić information content (AvgIpc) is 2.46. The largest absolute Gasteiger partial charge is 0.479 e. The maximum atomic E-state index is 11.8. The first-order chi connectivity index (χ1) is 9.65. The van der Waals surface area contributed by atoms with E-state index in [-0.39, 0.29) is 19.0 Å². The first kappa shape index (κ1) is 14.5. The van der Waals surface area contributed by atoms with Crippen LogP contribution < -0.4 is 5.32 Å². The zero-order valence-corrected chi connectivity index (χ0v) is 11.1. The SMILES string of the molecule is O=C(CN1CCOC(C(=O)O)C1)NCc1ccccc1. The molecule has 6 heteroatoms. The summed E-state index contributed by atoms with van der Waals surface area (Å²) in [5, 5.41) is 11.7. The van der Waals surface area contributed by atoms with Crippen LogP contribution in [0, 0.1) is 0 Å². The van der Waals surface area contributed by atoms with Crippen LogP contribution in [0.3, 0.4) is 0 Å². The Kier molecular flexibility index (Phi) is 5.09. The number of carbonyl (C=O) groups excluding carboxylic acids is 1. The second kappa shape index (κ2) is 7.02. The number of morpholine rings is 1. The average molecular weight is 278 g/mol. The van der Waals surface area contributed by atoms with E-state index in [2.05, 4.69) is 5.32 Å². The first-order valence-electron chi connectivity index (χ1n) is 6.52. The molecule has 6 nitrogen and oxygen atoms in total. The van der Waals surface area contributed by atoms with Crippen molar-refractivity contribution in [3.05, 3.63) is 35.9 Å². The third-order valence-corrected chi connectivity index (χ3v) is 3.13. The fourth-order valence-electron chi connectivity index (χ4n) is 2.05. The van der Waals surface area contributed by atoms with Crippen molar-refractivity contribution in [2.24, 2.45) is 0 Å². The lowest BCUT2D eigenvalue weighted by Crippen LogP contribution is -2.49. The van der Waals surface area contributed by atoms with Gasteiger partial charge in [-0.25, -0.2) is 4.79 Å². The third kappa shape index (κ3) is 4.32. The fraction of sp³-hybridized carbons (Fsp3) is 0.429. The summed E-state index contributed by atoms with van der Waals surface area (Å²) in [5.41, 5.74) is 1.03. The summed E-state index contributed by atoms with van der Waals surface area (Å²) in [4.78, 5) is 24.5. The molecule has 0 spiro atoms. The molecule has 1 heterocycles. The summed E-state index contributed by atoms with van der Waals surface area (Å²) in [5.74, 6) is -1.10. The molecule has 1 aromatic carbocycles. The van der Waals surface area contributed by atoms with Gasteiger partial charge in [0.1, 0.15) is 0 Å². The molecule has 0 radical (unpaired) electrons. The van der Waals surface area contributed by atoms with Crippen molar-refractivity contribution in [2.45, 2.75) is 12.6 Å². The quantitative estimate of drug-likeness (QED) is 0.798. The van der Waals surface area contributed by atoms with Gasteiger partial charge in [-0.1, -0.05) is 30.3 Å². The summed E-state index contributed by atoms with van der Waals surface area (Å²) in [6, 6.07) is 9.64. The minimum absolute atomic E-state index is 0.111. The van der Waals surface area contributed by atoms with Crippen LogP contribution in [0.25, 0.3) is 0 Å². The van der Waals surface area contributed by atoms with Crippen LogP contribution in [-0.2, 0) is 20.9 Å². The molecule has 1 aliphatic heterocycles. The summed E-state index contributed by atoms with van der Waals surface area (Å²) < 4.78 is 5.11. The van der Waals surface area contributed by atoms with Gasteiger partial charge in [-0.2, -0.15) is 0 Å². The van der Waals surface area contributed by atoms with E-state index in [9.17, 15) is 9.59 Å². The number of carboxylic acids is 1. The number of carboxylic acid groups (broad SMARTS) is 1. The molecule has 1 aromatic rings. The first-order valence-corrected chi connectivity index (χ1v) is 6.52. The third-order valence-electron chi connectivity index (χ3n) is 3.13. The highest BCUT2D eigenvalue weighted by molar-refractivity contribution is 5.78. The number of hydrogen-bond donors (Lipinski definition) is 2. The lowest BCUT2D eigenvalue weighted by atomic mass is 10.2. The second-order valence-electron chi connectivity index (χ2n) is 4.70. The van der Waals surface area contributed by atoms with Crippen molar-refractivity contribution >= 4 is 11.9 Å². The van der Waals surface area contributed by atoms with Gasteiger partial charge in [0.15, 0.2) is 6.10 Å². The lowest BCUT2D eigenvalue weighted by Gasteiger charge is -2.30. The Labute approximate surface area is 117 Å². The molecule has 0 aliphatic carbocycles. The van der Waals surface area contributed by atoms with Crippen LogP contribution >= 0.6 is 0 Å². The van der Waals surface area contributed by atoms with Crippen LogP contribution in [0.4, 0.5) is 0 Å². The van der Waals surface area contributed by atoms with E-state index in [0.29, 0.717) is 19.7 Å². The summed E-state index contributed by atoms with van der Waals surface area (Å²) in [6.07, 6.45) is -0.842. The van der Waals surface area contributed by atoms with Gasteiger partial charge in [0.2, 0.25) is 5.91 Å². The number of aliphatic carboxylic acids is 1. The van der Waals surface area contributed by atoms with Gasteiger partial charge in [-0.3, -0.25) is 9.69 Å². The Morgan fingerprint density at radius 2 is 2.10 bits per heavy atom. The van der Waals surface area contributed by atoms with E-state index in [4.69, 9.17) is 9.84 Å². The number of benzene rings is 1. The molecule has 2 rings (SSSR count). The van der Waals surface area contributed by atoms with Crippen LogP contribution in [0.1, 0.15) is 5.56 Å². The number of hydrogen-bond acceptors (Lipinski definition) is 4. The second-order valence-corrected chi connectivity index (χ2v) is 4.70. The predicted molar refractivity (Wildman–Crippen MR) is 72.1 cm³/mol. The van der Waals surface area contributed by atoms with Crippen molar-refractivity contribution in [1.29, 1.82) is 0 Å². The number of nitrogens with one attached hydrogen (secondary N) is 1. The van der Waals surface area contributed by atoms with E-state index in [0.717, 1.165) is 5.56 Å². The smallest absolute Gasteiger partial charge is 0.334 e. The van der Waals surface area contributed by atoms with Crippen molar-refractivity contribution in [2.75, 3.05) is 26.2 Å². The van der Waals surface area contributed by atoms with Crippen LogP contribution in [-0.4, -0.2) is 54.2 Å². The normalized spacial score (nSPS) is 19.5. The topological polar surface area (TPSA) is 78.9 Å². The molecule has 1 aliphatic rings. The van der Waals surface area contributed by atoms with Crippen molar-refractivity contribution in [3.63, 3.8) is 0 Å². The zero-order valence-electron chi connectivity index (χ0n) is 11.1. The van der Waals surface area contributed by atoms with Crippen LogP contribution in [0.5, 0.6) is 0 Å². The van der Waals surface area contributed by atoms with Gasteiger partial charge >= 0.3 is 5.97 Å². The summed E-state index contributed by atoms with van der Waals surface area (Å²) in [6.45, 7) is 1.83. The van der Waals surface area contributed by atoms with Crippen LogP contribution in [0.15, 0.2) is 30.3 Å². The zero-order chi connectivity index (χ0) is 14.4. The summed E-state index contributed by atoms with van der Waals surface area (Å²) >= 11 is 0. The van der Waals surface area contributed by atoms with Crippen molar-refractivity contribution in [1.82, 2.24) is 10.2 Å². The van der Waals surface area contributed by atoms with Gasteiger partial charge in [-0.05, 0) is 5.56 Å². The highest BCUT2D eigenvalue weighted by atomic mass is 16.5. The van der Waals surface area contributed by atoms with E-state index >= 15 is 0 Å². The standard InChI is InChI=1S/C14H18N2O4/c17-13(15-8-11-4-2-1-3-5-11)10-16-6-7-20-12(9-16)14(18)19/h1-5,12H,6-10H2,(H,15,17)(H,18,19). The van der Waals surface area contributed by atoms with E-state index in [1.165, 1.54) is 0 Å². The maximum Gasteiger partial charge on any atom is 0.334 e. The number of rotatable bonds is 5.